The van der Waals surface area contributed by atoms with Gasteiger partial charge in [0.15, 0.2) is 0 Å². The van der Waals surface area contributed by atoms with Gasteiger partial charge in [0.2, 0.25) is 11.8 Å². The second kappa shape index (κ2) is 13.9. The van der Waals surface area contributed by atoms with E-state index in [1.807, 2.05) is 29.2 Å². The van der Waals surface area contributed by atoms with Gasteiger partial charge in [-0.1, -0.05) is 25.0 Å². The minimum atomic E-state index is -0.347. The predicted octanol–water partition coefficient (Wildman–Crippen LogP) is 2.06. The molecule has 2 saturated heterocycles. The maximum absolute atomic E-state index is 13.4. The predicted molar refractivity (Wildman–Crippen MR) is 151 cm³/mol. The van der Waals surface area contributed by atoms with Gasteiger partial charge in [-0.05, 0) is 36.6 Å². The number of benzene rings is 1. The van der Waals surface area contributed by atoms with Gasteiger partial charge in [0.05, 0.1) is 50.2 Å². The first-order valence-electron chi connectivity index (χ1n) is 14.4. The van der Waals surface area contributed by atoms with Gasteiger partial charge >= 0.3 is 0 Å². The Hall–Kier alpha value is -3.54. The van der Waals surface area contributed by atoms with E-state index in [1.165, 1.54) is 11.1 Å². The minimum Gasteiger partial charge on any atom is -0.456 e. The van der Waals surface area contributed by atoms with Crippen LogP contribution >= 0.6 is 0 Å². The molecule has 2 fully saturated rings. The summed E-state index contributed by atoms with van der Waals surface area (Å²) in [6.07, 6.45) is 7.08. The summed E-state index contributed by atoms with van der Waals surface area (Å²) in [5.41, 5.74) is 1.22. The molecule has 0 saturated carbocycles. The molecule has 3 aliphatic heterocycles. The number of nitrogens with zero attached hydrogens (tertiary/aromatic N) is 4. The van der Waals surface area contributed by atoms with Crippen LogP contribution in [0.2, 0.25) is 0 Å². The van der Waals surface area contributed by atoms with Crippen molar-refractivity contribution in [3.8, 4) is 11.5 Å². The highest BCUT2D eigenvalue weighted by atomic mass is 16.5. The summed E-state index contributed by atoms with van der Waals surface area (Å²) in [6.45, 7) is 3.56. The molecule has 0 spiro atoms. The zero-order valence-corrected chi connectivity index (χ0v) is 23.6. The third-order valence-corrected chi connectivity index (χ3v) is 7.75. The van der Waals surface area contributed by atoms with Crippen LogP contribution in [0, 0.1) is 0 Å². The molecule has 41 heavy (non-hydrogen) atoms. The average molecular weight is 566 g/mol. The molecule has 220 valence electrons. The number of amides is 3. The lowest BCUT2D eigenvalue weighted by Gasteiger charge is -2.25. The molecular formula is C30H39N5O6. The van der Waals surface area contributed by atoms with E-state index in [2.05, 4.69) is 15.2 Å². The molecule has 3 amide bonds. The third-order valence-electron chi connectivity index (χ3n) is 7.75. The number of likely N-dealkylation sites (tertiary alicyclic amines) is 2. The van der Waals surface area contributed by atoms with Crippen molar-refractivity contribution in [2.24, 2.45) is 0 Å². The first kappa shape index (κ1) is 29.0. The van der Waals surface area contributed by atoms with Crippen LogP contribution in [0.25, 0.3) is 0 Å². The Morgan fingerprint density at radius 3 is 2.71 bits per heavy atom. The van der Waals surface area contributed by atoms with Crippen LogP contribution in [0.3, 0.4) is 0 Å². The van der Waals surface area contributed by atoms with Crippen LogP contribution in [0.1, 0.15) is 41.6 Å². The highest BCUT2D eigenvalue weighted by Crippen LogP contribution is 2.25. The SMILES string of the molecule is COCCN1CC(=O)N[C@H]2CN(CC(=O)N3CCCCCC3)C[C@@H]2OCc2cccc(c2)Oc2cncc(c2)C1=O. The first-order chi connectivity index (χ1) is 20.0. The van der Waals surface area contributed by atoms with Crippen molar-refractivity contribution in [2.45, 2.75) is 44.4 Å². The topological polar surface area (TPSA) is 114 Å². The molecule has 4 heterocycles. The number of ether oxygens (including phenoxy) is 3. The van der Waals surface area contributed by atoms with Crippen molar-refractivity contribution in [3.05, 3.63) is 53.9 Å². The molecule has 0 aliphatic carbocycles. The Kier molecular flexibility index (Phi) is 9.81. The Balaban J connectivity index is 1.36. The zero-order chi connectivity index (χ0) is 28.6. The number of fused-ring (bicyclic) bond motifs is 5. The standard InChI is InChI=1S/C30H39N5O6/c1-39-12-11-35-19-28(36)32-26-17-33(20-29(37)34-9-4-2-3-5-10-34)18-27(26)40-21-22-7-6-8-24(13-22)41-25-14-23(30(35)38)15-31-16-25/h6-8,13-16,26-27H,2-5,9-12,17-21H2,1H3,(H,32,36)/t26-,27-/m0/s1. The van der Waals surface area contributed by atoms with E-state index in [9.17, 15) is 14.4 Å². The van der Waals surface area contributed by atoms with Gasteiger partial charge in [0, 0.05) is 46.0 Å². The van der Waals surface area contributed by atoms with Crippen molar-refractivity contribution in [1.82, 2.24) is 25.0 Å². The van der Waals surface area contributed by atoms with E-state index < -0.39 is 0 Å². The van der Waals surface area contributed by atoms with Gasteiger partial charge in [0.1, 0.15) is 11.5 Å². The number of pyridine rings is 1. The highest BCUT2D eigenvalue weighted by Gasteiger charge is 2.36. The van der Waals surface area contributed by atoms with Gasteiger partial charge in [-0.25, -0.2) is 0 Å². The summed E-state index contributed by atoms with van der Waals surface area (Å²) in [5, 5.41) is 3.09. The zero-order valence-electron chi connectivity index (χ0n) is 23.6. The largest absolute Gasteiger partial charge is 0.456 e. The summed E-state index contributed by atoms with van der Waals surface area (Å²) in [7, 11) is 1.55. The van der Waals surface area contributed by atoms with E-state index >= 15 is 0 Å². The lowest BCUT2D eigenvalue weighted by atomic mass is 10.2. The average Bonchev–Trinajstić information content (AvgIpc) is 3.15. The fourth-order valence-electron chi connectivity index (χ4n) is 5.59. The summed E-state index contributed by atoms with van der Waals surface area (Å²) < 4.78 is 17.6. The molecule has 5 rings (SSSR count). The van der Waals surface area contributed by atoms with E-state index in [-0.39, 0.29) is 56.1 Å². The number of aromatic nitrogens is 1. The molecule has 4 bridgehead atoms. The Morgan fingerprint density at radius 2 is 1.90 bits per heavy atom. The maximum atomic E-state index is 13.4. The molecule has 2 aromatic rings. The minimum absolute atomic E-state index is 0.118. The van der Waals surface area contributed by atoms with Crippen LogP contribution in [0.5, 0.6) is 11.5 Å². The Bertz CT molecular complexity index is 1220. The van der Waals surface area contributed by atoms with Crippen molar-refractivity contribution in [1.29, 1.82) is 0 Å². The Labute approximate surface area is 240 Å². The van der Waals surface area contributed by atoms with E-state index in [0.29, 0.717) is 36.8 Å². The highest BCUT2D eigenvalue weighted by molar-refractivity contribution is 5.96. The number of methoxy groups -OCH3 is 1. The summed E-state index contributed by atoms with van der Waals surface area (Å²) in [4.78, 5) is 49.5. The van der Waals surface area contributed by atoms with Crippen LogP contribution in [-0.2, 0) is 25.7 Å². The molecule has 11 nitrogen and oxygen atoms in total. The second-order valence-corrected chi connectivity index (χ2v) is 10.9. The van der Waals surface area contributed by atoms with Crippen LogP contribution < -0.4 is 10.1 Å². The first-order valence-corrected chi connectivity index (χ1v) is 14.4. The molecule has 2 atom stereocenters. The molecule has 0 unspecified atom stereocenters. The van der Waals surface area contributed by atoms with Gasteiger partial charge in [-0.2, -0.15) is 0 Å². The quantitative estimate of drug-likeness (QED) is 0.586. The second-order valence-electron chi connectivity index (χ2n) is 10.9. The lowest BCUT2D eigenvalue weighted by Crippen LogP contribution is -2.49. The van der Waals surface area contributed by atoms with Gasteiger partial charge in [-0.15, -0.1) is 0 Å². The van der Waals surface area contributed by atoms with E-state index in [1.54, 1.807) is 19.4 Å². The third kappa shape index (κ3) is 7.81. The number of rotatable bonds is 5. The van der Waals surface area contributed by atoms with Gasteiger partial charge in [0.25, 0.3) is 5.91 Å². The number of carbonyl (C=O) groups is 3. The van der Waals surface area contributed by atoms with Crippen LogP contribution in [-0.4, -0.2) is 109 Å². The number of carbonyl (C=O) groups excluding carboxylic acids is 3. The molecule has 3 aliphatic rings. The molecule has 1 aromatic carbocycles. The smallest absolute Gasteiger partial charge is 0.256 e. The van der Waals surface area contributed by atoms with Crippen molar-refractivity contribution in [2.75, 3.05) is 59.5 Å². The monoisotopic (exact) mass is 565 g/mol. The van der Waals surface area contributed by atoms with Crippen LogP contribution in [0.15, 0.2) is 42.7 Å². The summed E-state index contributed by atoms with van der Waals surface area (Å²) >= 11 is 0. The molecular weight excluding hydrogens is 526 g/mol. The number of hydrogen-bond donors (Lipinski definition) is 1. The number of hydrogen-bond acceptors (Lipinski definition) is 8. The molecule has 1 N–H and O–H groups in total. The fourth-order valence-corrected chi connectivity index (χ4v) is 5.59. The summed E-state index contributed by atoms with van der Waals surface area (Å²) in [6, 6.07) is 8.83. The van der Waals surface area contributed by atoms with Crippen LogP contribution in [0.4, 0.5) is 0 Å². The van der Waals surface area contributed by atoms with E-state index in [0.717, 1.165) is 44.3 Å². The normalized spacial score (nSPS) is 22.5. The van der Waals surface area contributed by atoms with Crippen molar-refractivity contribution < 1.29 is 28.6 Å². The lowest BCUT2D eigenvalue weighted by molar-refractivity contribution is -0.132. The van der Waals surface area contributed by atoms with Crippen molar-refractivity contribution >= 4 is 17.7 Å². The Morgan fingerprint density at radius 1 is 1.07 bits per heavy atom. The summed E-state index contributed by atoms with van der Waals surface area (Å²) in [5.74, 6) is 0.482. The molecule has 11 heteroatoms. The van der Waals surface area contributed by atoms with Gasteiger partial charge < -0.3 is 29.3 Å². The fraction of sp³-hybridized carbons (Fsp3) is 0.533. The maximum Gasteiger partial charge on any atom is 0.256 e. The number of nitrogens with one attached hydrogen (secondary N) is 1. The molecule has 1 aromatic heterocycles. The molecule has 0 radical (unpaired) electrons. The van der Waals surface area contributed by atoms with E-state index in [4.69, 9.17) is 14.2 Å². The van der Waals surface area contributed by atoms with Crippen molar-refractivity contribution in [3.63, 3.8) is 0 Å². The van der Waals surface area contributed by atoms with Gasteiger partial charge in [-0.3, -0.25) is 24.3 Å².